The van der Waals surface area contributed by atoms with E-state index in [1.165, 1.54) is 15.6 Å². The van der Waals surface area contributed by atoms with Gasteiger partial charge in [0.1, 0.15) is 4.21 Å². The Morgan fingerprint density at radius 1 is 1.32 bits per heavy atom. The van der Waals surface area contributed by atoms with Crippen LogP contribution in [0.1, 0.15) is 32.3 Å². The van der Waals surface area contributed by atoms with Gasteiger partial charge in [0.2, 0.25) is 5.91 Å². The van der Waals surface area contributed by atoms with Crippen LogP contribution in [0.5, 0.6) is 0 Å². The van der Waals surface area contributed by atoms with Crippen LogP contribution in [-0.2, 0) is 21.2 Å². The first-order valence-corrected chi connectivity index (χ1v) is 10.7. The third kappa shape index (κ3) is 3.88. The molecule has 0 radical (unpaired) electrons. The molecule has 5 nitrogen and oxygen atoms in total. The number of nitrogens with zero attached hydrogens (tertiary/aromatic N) is 1. The Morgan fingerprint density at radius 2 is 2.12 bits per heavy atom. The maximum absolute atomic E-state index is 12.9. The second-order valence-corrected chi connectivity index (χ2v) is 9.64. The minimum absolute atomic E-state index is 0.0196. The lowest BCUT2D eigenvalue weighted by Gasteiger charge is -2.30. The first-order chi connectivity index (χ1) is 11.9. The molecule has 7 heteroatoms. The number of anilines is 2. The number of amides is 1. The molecule has 0 spiro atoms. The molecule has 0 saturated heterocycles. The maximum Gasteiger partial charge on any atom is 0.273 e. The molecule has 1 aliphatic rings. The highest BCUT2D eigenvalue weighted by Gasteiger charge is 2.29. The van der Waals surface area contributed by atoms with Crippen molar-refractivity contribution in [2.24, 2.45) is 5.92 Å². The van der Waals surface area contributed by atoms with Crippen molar-refractivity contribution in [3.8, 4) is 0 Å². The Bertz CT molecular complexity index is 858. The minimum atomic E-state index is -3.52. The number of rotatable bonds is 5. The van der Waals surface area contributed by atoms with Crippen molar-refractivity contribution in [1.82, 2.24) is 0 Å². The summed E-state index contributed by atoms with van der Waals surface area (Å²) < 4.78 is 27.6. The second-order valence-electron chi connectivity index (χ2n) is 6.60. The highest BCUT2D eigenvalue weighted by Crippen LogP contribution is 2.34. The van der Waals surface area contributed by atoms with E-state index in [-0.39, 0.29) is 5.91 Å². The fourth-order valence-corrected chi connectivity index (χ4v) is 5.64. The van der Waals surface area contributed by atoms with E-state index in [1.54, 1.807) is 29.6 Å². The monoisotopic (exact) mass is 378 g/mol. The lowest BCUT2D eigenvalue weighted by atomic mass is 10.0. The van der Waals surface area contributed by atoms with Gasteiger partial charge in [0.05, 0.1) is 5.69 Å². The molecular formula is C18H22N2O3S2. The van der Waals surface area contributed by atoms with Crippen LogP contribution in [0.25, 0.3) is 0 Å². The molecule has 1 amide bonds. The smallest absolute Gasteiger partial charge is 0.273 e. The Morgan fingerprint density at radius 3 is 2.80 bits per heavy atom. The predicted molar refractivity (Wildman–Crippen MR) is 102 cm³/mol. The van der Waals surface area contributed by atoms with Gasteiger partial charge in [-0.1, -0.05) is 19.9 Å². The zero-order chi connectivity index (χ0) is 18.0. The zero-order valence-corrected chi connectivity index (χ0v) is 16.0. The van der Waals surface area contributed by atoms with Gasteiger partial charge in [-0.2, -0.15) is 0 Å². The quantitative estimate of drug-likeness (QED) is 0.859. The molecule has 0 saturated carbocycles. The fourth-order valence-electron chi connectivity index (χ4n) is 2.99. The Kier molecular flexibility index (Phi) is 5.15. The van der Waals surface area contributed by atoms with Crippen molar-refractivity contribution >= 4 is 38.6 Å². The molecule has 1 aromatic carbocycles. The van der Waals surface area contributed by atoms with Gasteiger partial charge in [0.15, 0.2) is 0 Å². The molecule has 2 aromatic rings. The van der Waals surface area contributed by atoms with E-state index in [0.29, 0.717) is 28.8 Å². The molecule has 134 valence electrons. The number of hydrogen-bond acceptors (Lipinski definition) is 4. The lowest BCUT2D eigenvalue weighted by molar-refractivity contribution is -0.116. The molecule has 0 atom stereocenters. The highest BCUT2D eigenvalue weighted by atomic mass is 32.2. The van der Waals surface area contributed by atoms with Gasteiger partial charge in [0, 0.05) is 18.7 Å². The number of sulfonamides is 1. The predicted octanol–water partition coefficient (Wildman–Crippen LogP) is 3.87. The Balaban J connectivity index is 1.87. The summed E-state index contributed by atoms with van der Waals surface area (Å²) in [6.45, 7) is 4.48. The van der Waals surface area contributed by atoms with E-state index in [2.05, 4.69) is 5.32 Å². The van der Waals surface area contributed by atoms with Crippen LogP contribution in [-0.4, -0.2) is 20.9 Å². The molecule has 0 bridgehead atoms. The minimum Gasteiger partial charge on any atom is -0.326 e. The second kappa shape index (κ2) is 7.17. The van der Waals surface area contributed by atoms with Gasteiger partial charge in [-0.05, 0) is 54.0 Å². The van der Waals surface area contributed by atoms with Crippen LogP contribution in [0.15, 0.2) is 39.9 Å². The first kappa shape index (κ1) is 17.9. The van der Waals surface area contributed by atoms with E-state index in [9.17, 15) is 13.2 Å². The summed E-state index contributed by atoms with van der Waals surface area (Å²) in [5.41, 5.74) is 2.38. The molecule has 1 aromatic heterocycles. The molecule has 0 aliphatic carbocycles. The summed E-state index contributed by atoms with van der Waals surface area (Å²) in [6.07, 6.45) is 2.04. The highest BCUT2D eigenvalue weighted by molar-refractivity contribution is 7.94. The van der Waals surface area contributed by atoms with Crippen LogP contribution in [0, 0.1) is 5.92 Å². The number of nitrogens with one attached hydrogen (secondary N) is 1. The summed E-state index contributed by atoms with van der Waals surface area (Å²) in [6, 6.07) is 8.85. The number of thiophene rings is 1. The third-order valence-corrected chi connectivity index (χ3v) is 7.26. The van der Waals surface area contributed by atoms with Gasteiger partial charge >= 0.3 is 0 Å². The molecule has 25 heavy (non-hydrogen) atoms. The van der Waals surface area contributed by atoms with E-state index >= 15 is 0 Å². The van der Waals surface area contributed by atoms with Crippen LogP contribution < -0.4 is 9.62 Å². The van der Waals surface area contributed by atoms with Crippen LogP contribution in [0.4, 0.5) is 11.4 Å². The lowest BCUT2D eigenvalue weighted by Crippen LogP contribution is -2.35. The normalized spacial score (nSPS) is 14.4. The molecule has 1 aliphatic heterocycles. The van der Waals surface area contributed by atoms with Gasteiger partial charge in [-0.3, -0.25) is 9.10 Å². The summed E-state index contributed by atoms with van der Waals surface area (Å²) in [7, 11) is -3.52. The number of hydrogen-bond donors (Lipinski definition) is 1. The van der Waals surface area contributed by atoms with E-state index in [4.69, 9.17) is 0 Å². The Labute approximate surface area is 152 Å². The number of aryl methyl sites for hydroxylation is 1. The van der Waals surface area contributed by atoms with Crippen molar-refractivity contribution in [1.29, 1.82) is 0 Å². The van der Waals surface area contributed by atoms with Crippen LogP contribution >= 0.6 is 11.3 Å². The van der Waals surface area contributed by atoms with Crippen LogP contribution in [0.2, 0.25) is 0 Å². The average molecular weight is 379 g/mol. The van der Waals surface area contributed by atoms with Crippen molar-refractivity contribution in [3.63, 3.8) is 0 Å². The largest absolute Gasteiger partial charge is 0.326 e. The molecule has 0 unspecified atom stereocenters. The summed E-state index contributed by atoms with van der Waals surface area (Å²) in [5, 5.41) is 4.67. The van der Waals surface area contributed by atoms with Crippen molar-refractivity contribution in [2.45, 2.75) is 37.3 Å². The molecule has 1 N–H and O–H groups in total. The SMILES string of the molecule is CC(C)CC(=O)Nc1ccc2c(c1)CCCN2S(=O)(=O)c1cccs1. The molecule has 3 rings (SSSR count). The van der Waals surface area contributed by atoms with Crippen molar-refractivity contribution < 1.29 is 13.2 Å². The van der Waals surface area contributed by atoms with Crippen molar-refractivity contribution in [3.05, 3.63) is 41.3 Å². The topological polar surface area (TPSA) is 66.5 Å². The van der Waals surface area contributed by atoms with Crippen molar-refractivity contribution in [2.75, 3.05) is 16.2 Å². The number of benzene rings is 1. The molecule has 0 fully saturated rings. The maximum atomic E-state index is 12.9. The first-order valence-electron chi connectivity index (χ1n) is 8.37. The fraction of sp³-hybridized carbons (Fsp3) is 0.389. The van der Waals surface area contributed by atoms with E-state index in [0.717, 1.165) is 24.1 Å². The van der Waals surface area contributed by atoms with Gasteiger partial charge < -0.3 is 5.32 Å². The number of fused-ring (bicyclic) bond motifs is 1. The summed E-state index contributed by atoms with van der Waals surface area (Å²) in [4.78, 5) is 12.0. The zero-order valence-electron chi connectivity index (χ0n) is 14.4. The summed E-state index contributed by atoms with van der Waals surface area (Å²) >= 11 is 1.23. The van der Waals surface area contributed by atoms with E-state index in [1.807, 2.05) is 19.9 Å². The average Bonchev–Trinajstić information content (AvgIpc) is 3.08. The van der Waals surface area contributed by atoms with Gasteiger partial charge in [-0.15, -0.1) is 11.3 Å². The molecular weight excluding hydrogens is 356 g/mol. The Hall–Kier alpha value is -1.86. The number of carbonyl (C=O) groups is 1. The standard InChI is InChI=1S/C18H22N2O3S2/c1-13(2)11-17(21)19-15-7-8-16-14(12-15)5-3-9-20(16)25(22,23)18-6-4-10-24-18/h4,6-8,10,12-13H,3,5,9,11H2,1-2H3,(H,19,21). The third-order valence-electron chi connectivity index (χ3n) is 4.07. The van der Waals surface area contributed by atoms with Gasteiger partial charge in [-0.25, -0.2) is 8.42 Å². The number of carbonyl (C=O) groups excluding carboxylic acids is 1. The summed E-state index contributed by atoms with van der Waals surface area (Å²) in [5.74, 6) is 0.276. The van der Waals surface area contributed by atoms with Crippen LogP contribution in [0.3, 0.4) is 0 Å². The molecule has 2 heterocycles. The van der Waals surface area contributed by atoms with Gasteiger partial charge in [0.25, 0.3) is 10.0 Å². The van der Waals surface area contributed by atoms with E-state index < -0.39 is 10.0 Å².